The number of hydrogen-bond acceptors (Lipinski definition) is 3. The molecule has 18 heavy (non-hydrogen) atoms. The van der Waals surface area contributed by atoms with Crippen molar-refractivity contribution in [2.45, 2.75) is 0 Å². The van der Waals surface area contributed by atoms with Crippen molar-refractivity contribution in [1.82, 2.24) is 9.97 Å². The fraction of sp³-hybridized carbons (Fsp3) is 0.167. The predicted octanol–water partition coefficient (Wildman–Crippen LogP) is 3.85. The van der Waals surface area contributed by atoms with Crippen molar-refractivity contribution >= 4 is 37.5 Å². The van der Waals surface area contributed by atoms with Gasteiger partial charge in [0.15, 0.2) is 0 Å². The maximum Gasteiger partial charge on any atom is 0.142 e. The Hall–Kier alpha value is -1.01. The smallest absolute Gasteiger partial charge is 0.142 e. The summed E-state index contributed by atoms with van der Waals surface area (Å²) in [7, 11) is 0. The number of hydrogen-bond donors (Lipinski definition) is 1. The van der Waals surface area contributed by atoms with E-state index in [0.29, 0.717) is 15.9 Å². The largest absolute Gasteiger partial charge is 0.384 e. The predicted molar refractivity (Wildman–Crippen MR) is 77.4 cm³/mol. The second-order valence-corrected chi connectivity index (χ2v) is 5.18. The van der Waals surface area contributed by atoms with Crippen molar-refractivity contribution < 1.29 is 4.39 Å². The Morgan fingerprint density at radius 2 is 2.06 bits per heavy atom. The van der Waals surface area contributed by atoms with Crippen LogP contribution >= 0.6 is 31.9 Å². The zero-order valence-corrected chi connectivity index (χ0v) is 12.5. The monoisotopic (exact) mass is 373 g/mol. The summed E-state index contributed by atoms with van der Waals surface area (Å²) in [5.41, 5.74) is 2.25. The minimum absolute atomic E-state index is 0.371. The second-order valence-electron chi connectivity index (χ2n) is 3.57. The first-order chi connectivity index (χ1) is 8.69. The maximum atomic E-state index is 13.1. The second kappa shape index (κ2) is 6.24. The number of nitrogens with one attached hydrogen (secondary N) is 1. The van der Waals surface area contributed by atoms with Crippen LogP contribution in [0.1, 0.15) is 0 Å². The standard InChI is InChI=1S/C12H10Br2FN3/c13-1-2-17-10-4-11(18-12(14)5-10)8-3-9(15)7-16-6-8/h3-7H,1-2H2,(H,17,18). The average molecular weight is 375 g/mol. The highest BCUT2D eigenvalue weighted by Crippen LogP contribution is 2.24. The summed E-state index contributed by atoms with van der Waals surface area (Å²) >= 11 is 6.69. The van der Waals surface area contributed by atoms with Gasteiger partial charge in [-0.1, -0.05) is 15.9 Å². The molecule has 0 unspecified atom stereocenters. The van der Waals surface area contributed by atoms with Crippen LogP contribution in [0, 0.1) is 5.82 Å². The fourth-order valence-corrected chi connectivity index (χ4v) is 2.13. The molecule has 0 aliphatic rings. The molecule has 0 amide bonds. The molecule has 2 aromatic heterocycles. The van der Waals surface area contributed by atoms with Gasteiger partial charge in [-0.15, -0.1) is 0 Å². The van der Waals surface area contributed by atoms with Crippen LogP contribution in [0.2, 0.25) is 0 Å². The minimum atomic E-state index is -0.371. The number of halogens is 3. The summed E-state index contributed by atoms with van der Waals surface area (Å²) in [6.45, 7) is 0.803. The lowest BCUT2D eigenvalue weighted by Crippen LogP contribution is -2.02. The summed E-state index contributed by atoms with van der Waals surface area (Å²) < 4.78 is 13.8. The number of anilines is 1. The van der Waals surface area contributed by atoms with Gasteiger partial charge in [-0.2, -0.15) is 0 Å². The lowest BCUT2D eigenvalue weighted by atomic mass is 10.2. The molecule has 0 aliphatic carbocycles. The van der Waals surface area contributed by atoms with Crippen molar-refractivity contribution in [3.05, 3.63) is 41.0 Å². The van der Waals surface area contributed by atoms with Crippen LogP contribution in [0.4, 0.5) is 10.1 Å². The van der Waals surface area contributed by atoms with Gasteiger partial charge < -0.3 is 5.32 Å². The van der Waals surface area contributed by atoms with Crippen LogP contribution in [0.25, 0.3) is 11.3 Å². The molecule has 0 aromatic carbocycles. The van der Waals surface area contributed by atoms with Crippen LogP contribution in [-0.4, -0.2) is 21.8 Å². The van der Waals surface area contributed by atoms with Gasteiger partial charge in [-0.25, -0.2) is 9.37 Å². The third-order valence-corrected chi connectivity index (χ3v) is 3.02. The van der Waals surface area contributed by atoms with E-state index in [2.05, 4.69) is 47.1 Å². The van der Waals surface area contributed by atoms with Crippen LogP contribution in [0.5, 0.6) is 0 Å². The van der Waals surface area contributed by atoms with Crippen molar-refractivity contribution in [3.8, 4) is 11.3 Å². The van der Waals surface area contributed by atoms with Gasteiger partial charge in [0.05, 0.1) is 11.9 Å². The Labute approximate surface area is 121 Å². The first kappa shape index (κ1) is 13.4. The number of nitrogens with zero attached hydrogens (tertiary/aromatic N) is 2. The van der Waals surface area contributed by atoms with Gasteiger partial charge in [-0.05, 0) is 34.1 Å². The van der Waals surface area contributed by atoms with Crippen LogP contribution in [-0.2, 0) is 0 Å². The van der Waals surface area contributed by atoms with Gasteiger partial charge in [0.25, 0.3) is 0 Å². The molecule has 2 rings (SSSR count). The van der Waals surface area contributed by atoms with Crippen LogP contribution in [0.15, 0.2) is 35.2 Å². The molecule has 0 atom stereocenters. The summed E-state index contributed by atoms with van der Waals surface area (Å²) in [5.74, 6) is -0.371. The van der Waals surface area contributed by atoms with Crippen molar-refractivity contribution in [2.24, 2.45) is 0 Å². The zero-order chi connectivity index (χ0) is 13.0. The topological polar surface area (TPSA) is 37.8 Å². The van der Waals surface area contributed by atoms with Gasteiger partial charge in [-0.3, -0.25) is 4.98 Å². The zero-order valence-electron chi connectivity index (χ0n) is 9.33. The SMILES string of the molecule is Fc1cncc(-c2cc(NCCBr)cc(Br)n2)c1. The molecule has 2 aromatic rings. The quantitative estimate of drug-likeness (QED) is 0.652. The number of aromatic nitrogens is 2. The van der Waals surface area contributed by atoms with Crippen LogP contribution < -0.4 is 5.32 Å². The molecule has 0 saturated carbocycles. The third-order valence-electron chi connectivity index (χ3n) is 2.22. The molecule has 1 N–H and O–H groups in total. The Bertz CT molecular complexity index is 549. The lowest BCUT2D eigenvalue weighted by molar-refractivity contribution is 0.622. The Balaban J connectivity index is 2.35. The molecule has 0 spiro atoms. The maximum absolute atomic E-state index is 13.1. The summed E-state index contributed by atoms with van der Waals surface area (Å²) in [4.78, 5) is 8.14. The Morgan fingerprint density at radius 3 is 2.78 bits per heavy atom. The van der Waals surface area contributed by atoms with Gasteiger partial charge >= 0.3 is 0 Å². The van der Waals surface area contributed by atoms with Gasteiger partial charge in [0, 0.05) is 29.3 Å². The van der Waals surface area contributed by atoms with E-state index >= 15 is 0 Å². The molecule has 94 valence electrons. The first-order valence-corrected chi connectivity index (χ1v) is 7.19. The molecular weight excluding hydrogens is 365 g/mol. The van der Waals surface area contributed by atoms with Gasteiger partial charge in [0.2, 0.25) is 0 Å². The number of pyridine rings is 2. The van der Waals surface area contributed by atoms with Crippen molar-refractivity contribution in [2.75, 3.05) is 17.2 Å². The normalized spacial score (nSPS) is 10.4. The lowest BCUT2D eigenvalue weighted by Gasteiger charge is -2.08. The third kappa shape index (κ3) is 3.49. The van der Waals surface area contributed by atoms with Crippen LogP contribution in [0.3, 0.4) is 0 Å². The molecule has 6 heteroatoms. The highest BCUT2D eigenvalue weighted by Gasteiger charge is 2.05. The Kier molecular flexibility index (Phi) is 4.66. The van der Waals surface area contributed by atoms with E-state index in [4.69, 9.17) is 0 Å². The number of rotatable bonds is 4. The minimum Gasteiger partial charge on any atom is -0.384 e. The van der Waals surface area contributed by atoms with E-state index in [0.717, 1.165) is 17.6 Å². The first-order valence-electron chi connectivity index (χ1n) is 5.27. The van der Waals surface area contributed by atoms with Gasteiger partial charge in [0.1, 0.15) is 10.4 Å². The van der Waals surface area contributed by atoms with Crippen molar-refractivity contribution in [3.63, 3.8) is 0 Å². The fourth-order valence-electron chi connectivity index (χ4n) is 1.49. The van der Waals surface area contributed by atoms with E-state index in [1.165, 1.54) is 12.3 Å². The average Bonchev–Trinajstić information content (AvgIpc) is 2.36. The van der Waals surface area contributed by atoms with E-state index < -0.39 is 0 Å². The van der Waals surface area contributed by atoms with E-state index in [9.17, 15) is 4.39 Å². The summed E-state index contributed by atoms with van der Waals surface area (Å²) in [5, 5.41) is 4.08. The molecule has 0 fully saturated rings. The number of alkyl halides is 1. The highest BCUT2D eigenvalue weighted by molar-refractivity contribution is 9.10. The van der Waals surface area contributed by atoms with E-state index in [1.807, 2.05) is 12.1 Å². The Morgan fingerprint density at radius 1 is 1.22 bits per heavy atom. The summed E-state index contributed by atoms with van der Waals surface area (Å²) in [6, 6.07) is 5.15. The molecule has 0 aliphatic heterocycles. The molecule has 3 nitrogen and oxygen atoms in total. The highest BCUT2D eigenvalue weighted by atomic mass is 79.9. The molecule has 0 bridgehead atoms. The van der Waals surface area contributed by atoms with Crippen molar-refractivity contribution in [1.29, 1.82) is 0 Å². The molecular formula is C12H10Br2FN3. The van der Waals surface area contributed by atoms with E-state index in [1.54, 1.807) is 6.20 Å². The molecule has 2 heterocycles. The molecule has 0 saturated heterocycles. The van der Waals surface area contributed by atoms with E-state index in [-0.39, 0.29) is 5.82 Å². The summed E-state index contributed by atoms with van der Waals surface area (Å²) in [6.07, 6.45) is 2.76. The molecule has 0 radical (unpaired) electrons.